The number of thiazole rings is 1. The van der Waals surface area contributed by atoms with Crippen molar-refractivity contribution in [3.05, 3.63) is 20.2 Å². The molecule has 0 aromatic carbocycles. The quantitative estimate of drug-likeness (QED) is 0.809. The molecule has 1 aromatic heterocycles. The lowest BCUT2D eigenvalue weighted by molar-refractivity contribution is -0.121. The van der Waals surface area contributed by atoms with E-state index in [1.54, 1.807) is 4.57 Å². The number of nitrogens with zero attached hydrogens (tertiary/aromatic N) is 1. The molecule has 2 rings (SSSR count). The average Bonchev–Trinajstić information content (AvgIpc) is 3.16. The van der Waals surface area contributed by atoms with Crippen LogP contribution >= 0.6 is 11.3 Å². The number of aryl methyl sites for hydroxylation is 1. The Bertz CT molecular complexity index is 516. The summed E-state index contributed by atoms with van der Waals surface area (Å²) in [5.74, 6) is 0.552. The van der Waals surface area contributed by atoms with E-state index in [1.807, 2.05) is 13.8 Å². The van der Waals surface area contributed by atoms with E-state index in [2.05, 4.69) is 5.32 Å². The van der Waals surface area contributed by atoms with Crippen molar-refractivity contribution < 1.29 is 4.79 Å². The van der Waals surface area contributed by atoms with Crippen LogP contribution in [0.3, 0.4) is 0 Å². The SMILES string of the molecule is Cc1sc(=O)n(CCC(=O)NCC(N)C2CC2)c1C. The van der Waals surface area contributed by atoms with Crippen LogP contribution in [0, 0.1) is 19.8 Å². The fraction of sp³-hybridized carbons (Fsp3) is 0.692. The van der Waals surface area contributed by atoms with E-state index in [0.29, 0.717) is 25.4 Å². The van der Waals surface area contributed by atoms with Gasteiger partial charge in [0.05, 0.1) is 0 Å². The first-order valence-electron chi connectivity index (χ1n) is 6.68. The zero-order chi connectivity index (χ0) is 14.0. The highest BCUT2D eigenvalue weighted by Crippen LogP contribution is 2.31. The van der Waals surface area contributed by atoms with Crippen LogP contribution in [0.25, 0.3) is 0 Å². The normalized spacial score (nSPS) is 16.4. The van der Waals surface area contributed by atoms with E-state index in [0.717, 1.165) is 10.6 Å². The van der Waals surface area contributed by atoms with Gasteiger partial charge in [-0.25, -0.2) is 0 Å². The minimum absolute atomic E-state index is 0.0116. The summed E-state index contributed by atoms with van der Waals surface area (Å²) in [5, 5.41) is 2.84. The monoisotopic (exact) mass is 283 g/mol. The minimum atomic E-state index is -0.0359. The van der Waals surface area contributed by atoms with Crippen molar-refractivity contribution in [2.45, 2.75) is 45.7 Å². The Labute approximate surface area is 116 Å². The van der Waals surface area contributed by atoms with Crippen LogP contribution < -0.4 is 15.9 Å². The summed E-state index contributed by atoms with van der Waals surface area (Å²) in [7, 11) is 0. The Hall–Kier alpha value is -1.14. The zero-order valence-corrected chi connectivity index (χ0v) is 12.3. The second kappa shape index (κ2) is 5.88. The van der Waals surface area contributed by atoms with E-state index >= 15 is 0 Å². The highest BCUT2D eigenvalue weighted by Gasteiger charge is 2.28. The zero-order valence-electron chi connectivity index (χ0n) is 11.4. The summed E-state index contributed by atoms with van der Waals surface area (Å²) < 4.78 is 1.67. The van der Waals surface area contributed by atoms with Gasteiger partial charge in [0.25, 0.3) is 0 Å². The third-order valence-electron chi connectivity index (χ3n) is 3.70. The number of carbonyl (C=O) groups is 1. The minimum Gasteiger partial charge on any atom is -0.354 e. The van der Waals surface area contributed by atoms with Crippen molar-refractivity contribution in [1.82, 2.24) is 9.88 Å². The highest BCUT2D eigenvalue weighted by atomic mass is 32.1. The maximum atomic E-state index is 11.7. The number of hydrogen-bond acceptors (Lipinski definition) is 4. The van der Waals surface area contributed by atoms with Crippen molar-refractivity contribution in [2.24, 2.45) is 11.7 Å². The molecule has 3 N–H and O–H groups in total. The molecular weight excluding hydrogens is 262 g/mol. The van der Waals surface area contributed by atoms with Crippen molar-refractivity contribution in [2.75, 3.05) is 6.54 Å². The van der Waals surface area contributed by atoms with Crippen LogP contribution in [0.4, 0.5) is 0 Å². The van der Waals surface area contributed by atoms with Crippen molar-refractivity contribution in [3.63, 3.8) is 0 Å². The van der Waals surface area contributed by atoms with Gasteiger partial charge in [-0.2, -0.15) is 0 Å². The number of rotatable bonds is 6. The lowest BCUT2D eigenvalue weighted by Gasteiger charge is -2.11. The van der Waals surface area contributed by atoms with Crippen molar-refractivity contribution in [3.8, 4) is 0 Å². The molecule has 1 aliphatic carbocycles. The van der Waals surface area contributed by atoms with Gasteiger partial charge in [0.1, 0.15) is 0 Å². The molecule has 0 bridgehead atoms. The van der Waals surface area contributed by atoms with Crippen LogP contribution in [0.1, 0.15) is 29.8 Å². The standard InChI is InChI=1S/C13H21N3O2S/c1-8-9(2)19-13(18)16(8)6-5-12(17)15-7-11(14)10-3-4-10/h10-11H,3-7,14H2,1-2H3,(H,15,17). The third-order valence-corrected chi connectivity index (χ3v) is 4.70. The predicted molar refractivity (Wildman–Crippen MR) is 76.4 cm³/mol. The van der Waals surface area contributed by atoms with E-state index in [9.17, 15) is 9.59 Å². The van der Waals surface area contributed by atoms with Gasteiger partial charge in [-0.3, -0.25) is 9.59 Å². The Morgan fingerprint density at radius 1 is 1.53 bits per heavy atom. The van der Waals surface area contributed by atoms with Gasteiger partial charge in [0.2, 0.25) is 5.91 Å². The Balaban J connectivity index is 1.78. The van der Waals surface area contributed by atoms with Crippen molar-refractivity contribution in [1.29, 1.82) is 0 Å². The smallest absolute Gasteiger partial charge is 0.307 e. The predicted octanol–water partition coefficient (Wildman–Crippen LogP) is 0.770. The number of amides is 1. The summed E-state index contributed by atoms with van der Waals surface area (Å²) in [6.07, 6.45) is 2.69. The Kier molecular flexibility index (Phi) is 4.42. The van der Waals surface area contributed by atoms with Gasteiger partial charge in [-0.1, -0.05) is 11.3 Å². The van der Waals surface area contributed by atoms with E-state index < -0.39 is 0 Å². The number of aromatic nitrogens is 1. The first-order chi connectivity index (χ1) is 8.99. The molecule has 1 aliphatic rings. The number of nitrogens with two attached hydrogens (primary N) is 1. The summed E-state index contributed by atoms with van der Waals surface area (Å²) in [4.78, 5) is 24.4. The molecule has 1 amide bonds. The van der Waals surface area contributed by atoms with E-state index in [1.165, 1.54) is 24.2 Å². The molecular formula is C13H21N3O2S. The molecule has 0 spiro atoms. The molecule has 19 heavy (non-hydrogen) atoms. The second-order valence-corrected chi connectivity index (χ2v) is 6.38. The van der Waals surface area contributed by atoms with Gasteiger partial charge in [0, 0.05) is 36.1 Å². The molecule has 5 nitrogen and oxygen atoms in total. The van der Waals surface area contributed by atoms with Crippen molar-refractivity contribution >= 4 is 17.2 Å². The van der Waals surface area contributed by atoms with E-state index in [-0.39, 0.29) is 16.8 Å². The van der Waals surface area contributed by atoms with E-state index in [4.69, 9.17) is 5.73 Å². The topological polar surface area (TPSA) is 77.1 Å². The molecule has 1 fully saturated rings. The van der Waals surface area contributed by atoms with Crippen LogP contribution in [0.2, 0.25) is 0 Å². The molecule has 6 heteroatoms. The molecule has 1 aromatic rings. The van der Waals surface area contributed by atoms with Gasteiger partial charge in [0.15, 0.2) is 0 Å². The number of carbonyl (C=O) groups excluding carboxylic acids is 1. The fourth-order valence-electron chi connectivity index (χ4n) is 2.07. The molecule has 0 aliphatic heterocycles. The second-order valence-electron chi connectivity index (χ2n) is 5.22. The van der Waals surface area contributed by atoms with Gasteiger partial charge < -0.3 is 15.6 Å². The van der Waals surface area contributed by atoms with Gasteiger partial charge >= 0.3 is 4.87 Å². The summed E-state index contributed by atoms with van der Waals surface area (Å²) >= 11 is 1.23. The van der Waals surface area contributed by atoms with Crippen LogP contribution in [0.5, 0.6) is 0 Å². The first-order valence-corrected chi connectivity index (χ1v) is 7.49. The number of nitrogens with one attached hydrogen (secondary N) is 1. The third kappa shape index (κ3) is 3.67. The van der Waals surface area contributed by atoms with Crippen LogP contribution in [-0.4, -0.2) is 23.1 Å². The van der Waals surface area contributed by atoms with Crippen LogP contribution in [0.15, 0.2) is 4.79 Å². The highest BCUT2D eigenvalue weighted by molar-refractivity contribution is 7.09. The Morgan fingerprint density at radius 3 is 2.74 bits per heavy atom. The molecule has 0 saturated heterocycles. The van der Waals surface area contributed by atoms with Crippen LogP contribution in [-0.2, 0) is 11.3 Å². The summed E-state index contributed by atoms with van der Waals surface area (Å²) in [6, 6.07) is 0.0804. The van der Waals surface area contributed by atoms with Gasteiger partial charge in [-0.15, -0.1) is 0 Å². The lowest BCUT2D eigenvalue weighted by Crippen LogP contribution is -2.39. The molecule has 0 radical (unpaired) electrons. The largest absolute Gasteiger partial charge is 0.354 e. The fourth-order valence-corrected chi connectivity index (χ4v) is 2.93. The first kappa shape index (κ1) is 14.3. The Morgan fingerprint density at radius 2 is 2.21 bits per heavy atom. The molecule has 1 heterocycles. The maximum absolute atomic E-state index is 11.7. The number of hydrogen-bond donors (Lipinski definition) is 2. The molecule has 106 valence electrons. The average molecular weight is 283 g/mol. The molecule has 1 atom stereocenters. The lowest BCUT2D eigenvalue weighted by atomic mass is 10.2. The molecule has 1 unspecified atom stereocenters. The van der Waals surface area contributed by atoms with Gasteiger partial charge in [-0.05, 0) is 32.6 Å². The molecule has 1 saturated carbocycles. The summed E-state index contributed by atoms with van der Waals surface area (Å²) in [6.45, 7) is 4.82. The summed E-state index contributed by atoms with van der Waals surface area (Å²) in [5.41, 5.74) is 6.87. The maximum Gasteiger partial charge on any atom is 0.307 e.